The number of carbonyl (C=O) groups excluding carboxylic acids is 1. The molecule has 32 heavy (non-hydrogen) atoms. The topological polar surface area (TPSA) is 124 Å². The van der Waals surface area contributed by atoms with E-state index < -0.39 is 38.6 Å². The van der Waals surface area contributed by atoms with Crippen LogP contribution in [0.4, 0.5) is 10.1 Å². The second-order valence-corrected chi connectivity index (χ2v) is 10.3. The summed E-state index contributed by atoms with van der Waals surface area (Å²) in [7, 11) is -2.21. The van der Waals surface area contributed by atoms with Crippen molar-refractivity contribution in [2.24, 2.45) is 10.7 Å². The van der Waals surface area contributed by atoms with Gasteiger partial charge in [-0.2, -0.15) is 0 Å². The maximum atomic E-state index is 14.6. The van der Waals surface area contributed by atoms with Gasteiger partial charge in [0, 0.05) is 24.6 Å². The molecule has 3 unspecified atom stereocenters. The van der Waals surface area contributed by atoms with Crippen LogP contribution in [-0.2, 0) is 14.6 Å². The average Bonchev–Trinajstić information content (AvgIpc) is 2.71. The number of hydrogen-bond donors (Lipinski definition) is 2. The van der Waals surface area contributed by atoms with Crippen molar-refractivity contribution in [2.45, 2.75) is 37.7 Å². The lowest BCUT2D eigenvalue weighted by molar-refractivity contribution is 0.102. The molecule has 2 aromatic rings. The highest BCUT2D eigenvalue weighted by molar-refractivity contribution is 7.92. The van der Waals surface area contributed by atoms with E-state index in [2.05, 4.69) is 15.3 Å². The smallest absolute Gasteiger partial charge is 0.274 e. The lowest BCUT2D eigenvalue weighted by atomic mass is 10.1. The molecule has 0 fully saturated rings. The molecule has 0 aliphatic carbocycles. The summed E-state index contributed by atoms with van der Waals surface area (Å²) in [5.74, 6) is -1.64. The third-order valence-corrected chi connectivity index (χ3v) is 7.57. The summed E-state index contributed by atoms with van der Waals surface area (Å²) in [5.41, 5.74) is 6.99. The quantitative estimate of drug-likeness (QED) is 0.652. The normalized spacial score (nSPS) is 21.0. The van der Waals surface area contributed by atoms with Gasteiger partial charge in [-0.1, -0.05) is 11.6 Å². The van der Waals surface area contributed by atoms with Crippen molar-refractivity contribution in [1.29, 1.82) is 0 Å². The lowest BCUT2D eigenvalue weighted by Gasteiger charge is -2.28. The molecule has 1 aliphatic heterocycles. The number of benzene rings is 1. The highest BCUT2D eigenvalue weighted by Crippen LogP contribution is 2.31. The number of sulfone groups is 1. The minimum atomic E-state index is -3.69. The number of amidine groups is 1. The molecule has 11 heteroatoms. The van der Waals surface area contributed by atoms with Gasteiger partial charge in [0.1, 0.15) is 22.6 Å². The molecule has 0 radical (unpaired) electrons. The predicted octanol–water partition coefficient (Wildman–Crippen LogP) is 3.06. The number of aromatic nitrogens is 1. The zero-order chi connectivity index (χ0) is 23.6. The molecular weight excluding hydrogens is 459 g/mol. The number of hydrogen-bond acceptors (Lipinski definition) is 7. The first-order valence-electron chi connectivity index (χ1n) is 9.82. The van der Waals surface area contributed by atoms with Crippen LogP contribution in [0.1, 0.15) is 41.0 Å². The zero-order valence-electron chi connectivity index (χ0n) is 17.8. The average molecular weight is 483 g/mol. The second-order valence-electron chi connectivity index (χ2n) is 7.68. The fourth-order valence-electron chi connectivity index (χ4n) is 3.49. The van der Waals surface area contributed by atoms with Crippen LogP contribution in [0, 0.1) is 12.7 Å². The van der Waals surface area contributed by atoms with Crippen molar-refractivity contribution < 1.29 is 22.3 Å². The molecule has 2 heterocycles. The summed E-state index contributed by atoms with van der Waals surface area (Å²) in [4.78, 5) is 20.9. The largest absolute Gasteiger partial charge is 0.386 e. The van der Waals surface area contributed by atoms with E-state index in [1.807, 2.05) is 0 Å². The van der Waals surface area contributed by atoms with Crippen LogP contribution >= 0.6 is 11.6 Å². The Kier molecular flexibility index (Phi) is 7.16. The Morgan fingerprint density at radius 1 is 1.41 bits per heavy atom. The monoisotopic (exact) mass is 482 g/mol. The number of anilines is 1. The van der Waals surface area contributed by atoms with Crippen LogP contribution in [0.3, 0.4) is 0 Å². The van der Waals surface area contributed by atoms with Crippen molar-refractivity contribution in [3.63, 3.8) is 0 Å². The summed E-state index contributed by atoms with van der Waals surface area (Å²) in [5, 5.41) is 2.05. The van der Waals surface area contributed by atoms with Gasteiger partial charge in [0.15, 0.2) is 9.84 Å². The molecule has 0 saturated heterocycles. The number of aryl methyl sites for hydroxylation is 1. The number of carbonyl (C=O) groups is 1. The Balaban J connectivity index is 1.88. The summed E-state index contributed by atoms with van der Waals surface area (Å²) in [6.07, 6.45) is 1.18. The van der Waals surface area contributed by atoms with Crippen molar-refractivity contribution in [3.05, 3.63) is 58.1 Å². The van der Waals surface area contributed by atoms with E-state index in [1.165, 1.54) is 25.4 Å². The van der Waals surface area contributed by atoms with Crippen LogP contribution in [0.25, 0.3) is 0 Å². The van der Waals surface area contributed by atoms with Gasteiger partial charge in [-0.25, -0.2) is 17.8 Å². The van der Waals surface area contributed by atoms with Gasteiger partial charge in [-0.05, 0) is 50.1 Å². The molecule has 3 rings (SSSR count). The van der Waals surface area contributed by atoms with E-state index in [-0.39, 0.29) is 35.3 Å². The summed E-state index contributed by atoms with van der Waals surface area (Å²) >= 11 is 5.87. The lowest BCUT2D eigenvalue weighted by Crippen LogP contribution is -2.44. The summed E-state index contributed by atoms with van der Waals surface area (Å²) in [6.45, 7) is 3.42. The molecule has 1 aliphatic rings. The Bertz CT molecular complexity index is 1170. The molecule has 1 aromatic heterocycles. The number of amides is 1. The first-order chi connectivity index (χ1) is 15.0. The van der Waals surface area contributed by atoms with Crippen LogP contribution in [0.15, 0.2) is 35.5 Å². The van der Waals surface area contributed by atoms with Gasteiger partial charge in [0.2, 0.25) is 0 Å². The molecule has 0 spiro atoms. The molecule has 0 saturated carbocycles. The maximum Gasteiger partial charge on any atom is 0.274 e. The number of nitrogens with two attached hydrogens (primary N) is 1. The Morgan fingerprint density at radius 3 is 2.75 bits per heavy atom. The molecule has 3 N–H and O–H groups in total. The van der Waals surface area contributed by atoms with E-state index in [1.54, 1.807) is 19.9 Å². The number of methoxy groups -OCH3 is 1. The molecule has 1 aromatic carbocycles. The Morgan fingerprint density at radius 2 is 2.12 bits per heavy atom. The maximum absolute atomic E-state index is 14.6. The van der Waals surface area contributed by atoms with Gasteiger partial charge >= 0.3 is 0 Å². The standard InChI is InChI=1S/C21H24ClFN4O4S/c1-11-6-13(22)9-25-19(11)21(28)26-14-4-5-16(23)15(8-14)17-10-32(29,30)18(20(24)27-17)7-12(2)31-3/h4-6,8-9,12,17-18H,7,10H2,1-3H3,(H2,24,27)(H,26,28). The van der Waals surface area contributed by atoms with E-state index in [4.69, 9.17) is 22.1 Å². The highest BCUT2D eigenvalue weighted by Gasteiger charge is 2.38. The van der Waals surface area contributed by atoms with Gasteiger partial charge < -0.3 is 15.8 Å². The van der Waals surface area contributed by atoms with Gasteiger partial charge in [-0.15, -0.1) is 0 Å². The first kappa shape index (κ1) is 24.1. The molecule has 8 nitrogen and oxygen atoms in total. The van der Waals surface area contributed by atoms with Crippen LogP contribution in [-0.4, -0.2) is 49.4 Å². The zero-order valence-corrected chi connectivity index (χ0v) is 19.4. The van der Waals surface area contributed by atoms with Crippen LogP contribution in [0.2, 0.25) is 5.02 Å². The van der Waals surface area contributed by atoms with Crippen molar-refractivity contribution >= 4 is 38.9 Å². The van der Waals surface area contributed by atoms with E-state index in [9.17, 15) is 17.6 Å². The predicted molar refractivity (Wildman–Crippen MR) is 121 cm³/mol. The fourth-order valence-corrected chi connectivity index (χ4v) is 5.62. The third-order valence-electron chi connectivity index (χ3n) is 5.28. The number of halogens is 2. The van der Waals surface area contributed by atoms with E-state index in [0.717, 1.165) is 6.07 Å². The number of rotatable bonds is 6. The second kappa shape index (κ2) is 9.51. The molecule has 3 atom stereocenters. The number of ether oxygens (including phenoxy) is 1. The number of nitrogens with zero attached hydrogens (tertiary/aromatic N) is 2. The van der Waals surface area contributed by atoms with Gasteiger partial charge in [0.05, 0.1) is 22.9 Å². The highest BCUT2D eigenvalue weighted by atomic mass is 35.5. The minimum Gasteiger partial charge on any atom is -0.386 e. The minimum absolute atomic E-state index is 0.0216. The number of pyridine rings is 1. The first-order valence-corrected chi connectivity index (χ1v) is 11.9. The third kappa shape index (κ3) is 5.25. The van der Waals surface area contributed by atoms with Crippen molar-refractivity contribution in [2.75, 3.05) is 18.2 Å². The summed E-state index contributed by atoms with van der Waals surface area (Å²) in [6, 6.07) is 4.44. The molecule has 172 valence electrons. The molecule has 1 amide bonds. The van der Waals surface area contributed by atoms with Gasteiger partial charge in [0.25, 0.3) is 5.91 Å². The molecular formula is C21H24ClFN4O4S. The van der Waals surface area contributed by atoms with Crippen molar-refractivity contribution in [1.82, 2.24) is 4.98 Å². The Labute approximate surface area is 191 Å². The fraction of sp³-hybridized carbons (Fsp3) is 0.381. The SMILES string of the molecule is COC(C)CC1C(N)=NC(c2cc(NC(=O)c3ncc(Cl)cc3C)ccc2F)CS1(=O)=O. The summed E-state index contributed by atoms with van der Waals surface area (Å²) < 4.78 is 45.4. The number of nitrogens with one attached hydrogen (secondary N) is 1. The van der Waals surface area contributed by atoms with Crippen LogP contribution < -0.4 is 11.1 Å². The van der Waals surface area contributed by atoms with Gasteiger partial charge in [-0.3, -0.25) is 9.79 Å². The van der Waals surface area contributed by atoms with Crippen LogP contribution in [0.5, 0.6) is 0 Å². The Hall–Kier alpha value is -2.56. The number of aliphatic imine (C=N–C) groups is 1. The van der Waals surface area contributed by atoms with E-state index in [0.29, 0.717) is 10.6 Å². The van der Waals surface area contributed by atoms with Crippen molar-refractivity contribution in [3.8, 4) is 0 Å². The van der Waals surface area contributed by atoms with E-state index >= 15 is 0 Å². The molecule has 0 bridgehead atoms.